The van der Waals surface area contributed by atoms with Gasteiger partial charge in [-0.25, -0.2) is 0 Å². The van der Waals surface area contributed by atoms with Crippen molar-refractivity contribution in [3.05, 3.63) is 7.11 Å². The molecule has 0 aromatic heterocycles. The Labute approximate surface area is 139 Å². The van der Waals surface area contributed by atoms with E-state index in [4.69, 9.17) is 0 Å². The van der Waals surface area contributed by atoms with E-state index in [1.165, 1.54) is 89.9 Å². The van der Waals surface area contributed by atoms with Crippen LogP contribution in [0.2, 0.25) is 0 Å². The van der Waals surface area contributed by atoms with Crippen molar-refractivity contribution in [2.45, 2.75) is 116 Å². The first-order chi connectivity index (χ1) is 10.8. The van der Waals surface area contributed by atoms with E-state index in [0.717, 1.165) is 12.8 Å². The standard InChI is InChI=1S/C20H39O2/c1-3-4-5-6-7-8-9-10-11-12-13-14-15-16-17-18-19-20(21)22-2/h2-19H2,1H3. The smallest absolute Gasteiger partial charge is 0.305 e. The molecule has 0 saturated carbocycles. The Morgan fingerprint density at radius 1 is 0.636 bits per heavy atom. The van der Waals surface area contributed by atoms with Gasteiger partial charge in [0.05, 0.1) is 0 Å². The molecule has 0 fully saturated rings. The van der Waals surface area contributed by atoms with E-state index in [1.54, 1.807) is 0 Å². The Balaban J connectivity index is 2.98. The van der Waals surface area contributed by atoms with Gasteiger partial charge in [-0.15, -0.1) is 0 Å². The number of carbonyl (C=O) groups is 1. The van der Waals surface area contributed by atoms with Crippen LogP contribution < -0.4 is 0 Å². The molecule has 2 heteroatoms. The highest BCUT2D eigenvalue weighted by atomic mass is 16.5. The quantitative estimate of drug-likeness (QED) is 0.214. The van der Waals surface area contributed by atoms with Crippen molar-refractivity contribution in [2.24, 2.45) is 0 Å². The van der Waals surface area contributed by atoms with Crippen molar-refractivity contribution < 1.29 is 9.53 Å². The minimum absolute atomic E-state index is 0.176. The van der Waals surface area contributed by atoms with Crippen LogP contribution in [0, 0.1) is 7.11 Å². The molecule has 0 aliphatic carbocycles. The summed E-state index contributed by atoms with van der Waals surface area (Å²) in [5, 5.41) is 0. The third-order valence-corrected chi connectivity index (χ3v) is 4.40. The molecule has 131 valence electrons. The molecule has 0 atom stereocenters. The molecule has 0 N–H and O–H groups in total. The van der Waals surface area contributed by atoms with Gasteiger partial charge in [-0.1, -0.05) is 103 Å². The van der Waals surface area contributed by atoms with Crippen LogP contribution in [0.5, 0.6) is 0 Å². The van der Waals surface area contributed by atoms with Crippen LogP contribution in [-0.4, -0.2) is 5.97 Å². The number of rotatable bonds is 17. The molecule has 0 aliphatic heterocycles. The normalized spacial score (nSPS) is 10.8. The van der Waals surface area contributed by atoms with Crippen molar-refractivity contribution in [1.82, 2.24) is 0 Å². The van der Waals surface area contributed by atoms with Gasteiger partial charge in [0.1, 0.15) is 7.11 Å². The molecule has 0 aromatic carbocycles. The molecule has 0 aliphatic rings. The third kappa shape index (κ3) is 17.5. The molecule has 0 spiro atoms. The first-order valence-corrected chi connectivity index (χ1v) is 9.76. The lowest BCUT2D eigenvalue weighted by molar-refractivity contribution is -0.138. The van der Waals surface area contributed by atoms with Gasteiger partial charge in [-0.2, -0.15) is 0 Å². The minimum Gasteiger partial charge on any atom is -0.462 e. The van der Waals surface area contributed by atoms with Gasteiger partial charge in [-0.05, 0) is 6.42 Å². The molecule has 0 saturated heterocycles. The van der Waals surface area contributed by atoms with E-state index in [9.17, 15) is 4.79 Å². The van der Waals surface area contributed by atoms with Crippen LogP contribution in [0.3, 0.4) is 0 Å². The largest absolute Gasteiger partial charge is 0.462 e. The highest BCUT2D eigenvalue weighted by Gasteiger charge is 1.99. The Kier molecular flexibility index (Phi) is 18.1. The zero-order chi connectivity index (χ0) is 16.3. The van der Waals surface area contributed by atoms with E-state index in [1.807, 2.05) is 0 Å². The van der Waals surface area contributed by atoms with Gasteiger partial charge in [0, 0.05) is 6.42 Å². The Bertz CT molecular complexity index is 226. The van der Waals surface area contributed by atoms with Crippen LogP contribution in [-0.2, 0) is 9.53 Å². The molecule has 22 heavy (non-hydrogen) atoms. The summed E-state index contributed by atoms with van der Waals surface area (Å²) in [6.07, 6.45) is 22.2. The van der Waals surface area contributed by atoms with E-state index in [0.29, 0.717) is 6.42 Å². The van der Waals surface area contributed by atoms with Gasteiger partial charge in [0.25, 0.3) is 0 Å². The molecule has 0 rings (SSSR count). The molecule has 0 amide bonds. The summed E-state index contributed by atoms with van der Waals surface area (Å²) in [5.41, 5.74) is 0. The number of esters is 1. The number of unbranched alkanes of at least 4 members (excludes halogenated alkanes) is 15. The zero-order valence-electron chi connectivity index (χ0n) is 15.0. The molecule has 0 unspecified atom stereocenters. The summed E-state index contributed by atoms with van der Waals surface area (Å²) >= 11 is 0. The zero-order valence-corrected chi connectivity index (χ0v) is 15.0. The summed E-state index contributed by atoms with van der Waals surface area (Å²) < 4.78 is 4.39. The molecule has 1 radical (unpaired) electrons. The van der Waals surface area contributed by atoms with Gasteiger partial charge < -0.3 is 4.74 Å². The number of hydrogen-bond acceptors (Lipinski definition) is 2. The fourth-order valence-corrected chi connectivity index (χ4v) is 2.89. The lowest BCUT2D eigenvalue weighted by Gasteiger charge is -2.03. The molecule has 0 heterocycles. The van der Waals surface area contributed by atoms with E-state index < -0.39 is 0 Å². The SMILES string of the molecule is [CH2]OC(=O)CCCCCCCCCCCCCCCCCC. The summed E-state index contributed by atoms with van der Waals surface area (Å²) in [7, 11) is 3.13. The Morgan fingerprint density at radius 2 is 0.955 bits per heavy atom. The lowest BCUT2D eigenvalue weighted by atomic mass is 10.0. The fraction of sp³-hybridized carbons (Fsp3) is 0.900. The van der Waals surface area contributed by atoms with Gasteiger partial charge in [-0.3, -0.25) is 4.79 Å². The summed E-state index contributed by atoms with van der Waals surface area (Å²) in [5.74, 6) is -0.176. The van der Waals surface area contributed by atoms with Crippen molar-refractivity contribution in [2.75, 3.05) is 0 Å². The van der Waals surface area contributed by atoms with Crippen LogP contribution in [0.1, 0.15) is 116 Å². The molecule has 2 nitrogen and oxygen atoms in total. The predicted molar refractivity (Wildman–Crippen MR) is 95.6 cm³/mol. The first kappa shape index (κ1) is 21.5. The van der Waals surface area contributed by atoms with Crippen molar-refractivity contribution in [1.29, 1.82) is 0 Å². The fourth-order valence-electron chi connectivity index (χ4n) is 2.89. The maximum atomic E-state index is 10.9. The van der Waals surface area contributed by atoms with Crippen LogP contribution in [0.25, 0.3) is 0 Å². The number of hydrogen-bond donors (Lipinski definition) is 0. The lowest BCUT2D eigenvalue weighted by Crippen LogP contribution is -1.97. The summed E-state index contributed by atoms with van der Waals surface area (Å²) in [6.45, 7) is 2.28. The van der Waals surface area contributed by atoms with Crippen LogP contribution in [0.4, 0.5) is 0 Å². The van der Waals surface area contributed by atoms with Crippen molar-refractivity contribution in [3.63, 3.8) is 0 Å². The predicted octanol–water partition coefficient (Wildman–Crippen LogP) is 6.97. The van der Waals surface area contributed by atoms with E-state index in [-0.39, 0.29) is 5.97 Å². The van der Waals surface area contributed by atoms with Gasteiger partial charge in [0.2, 0.25) is 0 Å². The van der Waals surface area contributed by atoms with Crippen molar-refractivity contribution >= 4 is 5.97 Å². The third-order valence-electron chi connectivity index (χ3n) is 4.40. The second-order valence-corrected chi connectivity index (χ2v) is 6.57. The van der Waals surface area contributed by atoms with Gasteiger partial charge in [0.15, 0.2) is 0 Å². The number of ether oxygens (including phenoxy) is 1. The average molecular weight is 312 g/mol. The highest BCUT2D eigenvalue weighted by molar-refractivity contribution is 5.69. The minimum atomic E-state index is -0.176. The second-order valence-electron chi connectivity index (χ2n) is 6.57. The molecular weight excluding hydrogens is 272 g/mol. The molecule has 0 bridgehead atoms. The molecular formula is C20H39O2. The Morgan fingerprint density at radius 3 is 1.27 bits per heavy atom. The summed E-state index contributed by atoms with van der Waals surface area (Å²) in [4.78, 5) is 10.9. The monoisotopic (exact) mass is 311 g/mol. The average Bonchev–Trinajstić information content (AvgIpc) is 2.54. The Hall–Kier alpha value is -0.530. The maximum absolute atomic E-state index is 10.9. The highest BCUT2D eigenvalue weighted by Crippen LogP contribution is 2.14. The van der Waals surface area contributed by atoms with Crippen LogP contribution in [0.15, 0.2) is 0 Å². The van der Waals surface area contributed by atoms with Crippen molar-refractivity contribution in [3.8, 4) is 0 Å². The summed E-state index contributed by atoms with van der Waals surface area (Å²) in [6, 6.07) is 0. The number of carbonyl (C=O) groups excluding carboxylic acids is 1. The first-order valence-electron chi connectivity index (χ1n) is 9.76. The van der Waals surface area contributed by atoms with E-state index >= 15 is 0 Å². The topological polar surface area (TPSA) is 26.3 Å². The molecule has 0 aromatic rings. The van der Waals surface area contributed by atoms with Gasteiger partial charge >= 0.3 is 5.97 Å². The van der Waals surface area contributed by atoms with E-state index in [2.05, 4.69) is 18.8 Å². The van der Waals surface area contributed by atoms with Crippen LogP contribution >= 0.6 is 0 Å². The second kappa shape index (κ2) is 18.5. The maximum Gasteiger partial charge on any atom is 0.305 e.